The molecular weight excluding hydrogens is 242 g/mol. The maximum absolute atomic E-state index is 5.58. The highest BCUT2D eigenvalue weighted by molar-refractivity contribution is 7.14. The Morgan fingerprint density at radius 3 is 2.72 bits per heavy atom. The lowest BCUT2D eigenvalue weighted by molar-refractivity contribution is 1.07. The van der Waals surface area contributed by atoms with Crippen molar-refractivity contribution in [1.82, 2.24) is 4.98 Å². The van der Waals surface area contributed by atoms with Gasteiger partial charge in [0.1, 0.15) is 0 Å². The van der Waals surface area contributed by atoms with Crippen molar-refractivity contribution < 1.29 is 0 Å². The van der Waals surface area contributed by atoms with Crippen LogP contribution in [0.3, 0.4) is 0 Å². The van der Waals surface area contributed by atoms with E-state index in [1.54, 1.807) is 11.3 Å². The Morgan fingerprint density at radius 2 is 2.11 bits per heavy atom. The molecule has 2 aromatic rings. The van der Waals surface area contributed by atoms with Crippen molar-refractivity contribution in [2.45, 2.75) is 13.5 Å². The van der Waals surface area contributed by atoms with Crippen molar-refractivity contribution >= 4 is 16.5 Å². The van der Waals surface area contributed by atoms with Gasteiger partial charge in [0.2, 0.25) is 0 Å². The Labute approximate surface area is 111 Å². The summed E-state index contributed by atoms with van der Waals surface area (Å²) in [7, 11) is 0. The van der Waals surface area contributed by atoms with Crippen LogP contribution in [-0.4, -0.2) is 11.5 Å². The van der Waals surface area contributed by atoms with Crippen LogP contribution in [-0.2, 0) is 6.54 Å². The molecule has 0 saturated carbocycles. The van der Waals surface area contributed by atoms with Gasteiger partial charge >= 0.3 is 0 Å². The van der Waals surface area contributed by atoms with E-state index in [1.807, 2.05) is 19.1 Å². The molecule has 0 aliphatic heterocycles. The molecule has 0 aliphatic carbocycles. The first-order valence-corrected chi connectivity index (χ1v) is 6.70. The highest BCUT2D eigenvalue weighted by atomic mass is 32.1. The number of nitrogens with one attached hydrogen (secondary N) is 1. The third-order valence-corrected chi connectivity index (χ3v) is 3.33. The van der Waals surface area contributed by atoms with E-state index in [0.717, 1.165) is 34.1 Å². The summed E-state index contributed by atoms with van der Waals surface area (Å²) in [5.74, 6) is 0. The van der Waals surface area contributed by atoms with Crippen LogP contribution < -0.4 is 11.1 Å². The summed E-state index contributed by atoms with van der Waals surface area (Å²) in [6, 6.07) is 8.19. The minimum atomic E-state index is 0.572. The minimum absolute atomic E-state index is 0.572. The van der Waals surface area contributed by atoms with Gasteiger partial charge in [-0.3, -0.25) is 0 Å². The molecule has 3 nitrogen and oxygen atoms in total. The summed E-state index contributed by atoms with van der Waals surface area (Å²) >= 11 is 1.61. The van der Waals surface area contributed by atoms with E-state index < -0.39 is 0 Å². The molecule has 0 unspecified atom stereocenters. The van der Waals surface area contributed by atoms with Crippen molar-refractivity contribution in [3.05, 3.63) is 47.4 Å². The van der Waals surface area contributed by atoms with Crippen LogP contribution >= 0.6 is 11.3 Å². The third-order valence-electron chi connectivity index (χ3n) is 2.53. The molecule has 1 aromatic carbocycles. The summed E-state index contributed by atoms with van der Waals surface area (Å²) in [6.07, 6.45) is 0. The Morgan fingerprint density at radius 1 is 1.39 bits per heavy atom. The maximum atomic E-state index is 5.58. The number of hydrogen-bond acceptors (Lipinski definition) is 4. The van der Waals surface area contributed by atoms with Gasteiger partial charge in [-0.05, 0) is 12.5 Å². The fourth-order valence-corrected chi connectivity index (χ4v) is 2.24. The average Bonchev–Trinajstić information content (AvgIpc) is 2.85. The molecule has 0 amide bonds. The molecule has 0 fully saturated rings. The summed E-state index contributed by atoms with van der Waals surface area (Å²) in [5.41, 5.74) is 9.92. The number of rotatable bonds is 5. The molecule has 2 rings (SSSR count). The molecule has 18 heavy (non-hydrogen) atoms. The summed E-state index contributed by atoms with van der Waals surface area (Å²) in [6.45, 7) is 7.19. The van der Waals surface area contributed by atoms with E-state index in [-0.39, 0.29) is 0 Å². The van der Waals surface area contributed by atoms with Gasteiger partial charge in [-0.2, -0.15) is 0 Å². The molecule has 94 valence electrons. The van der Waals surface area contributed by atoms with Crippen LogP contribution in [0.4, 0.5) is 5.13 Å². The van der Waals surface area contributed by atoms with Crippen LogP contribution in [0.25, 0.3) is 11.3 Å². The van der Waals surface area contributed by atoms with Crippen LogP contribution in [0.2, 0.25) is 0 Å². The normalized spacial score (nSPS) is 10.3. The number of aromatic nitrogens is 1. The predicted octanol–water partition coefficient (Wildman–Crippen LogP) is 3.26. The summed E-state index contributed by atoms with van der Waals surface area (Å²) in [4.78, 5) is 4.54. The maximum Gasteiger partial charge on any atom is 0.183 e. The first kappa shape index (κ1) is 12.8. The van der Waals surface area contributed by atoms with Gasteiger partial charge in [-0.15, -0.1) is 11.3 Å². The van der Waals surface area contributed by atoms with Crippen molar-refractivity contribution in [3.63, 3.8) is 0 Å². The van der Waals surface area contributed by atoms with Gasteiger partial charge in [0, 0.05) is 24.0 Å². The number of hydrogen-bond donors (Lipinski definition) is 2. The van der Waals surface area contributed by atoms with E-state index in [4.69, 9.17) is 5.73 Å². The molecule has 0 atom stereocenters. The Hall–Kier alpha value is -1.65. The Bertz CT molecular complexity index is 528. The summed E-state index contributed by atoms with van der Waals surface area (Å²) < 4.78 is 0. The second-order valence-electron chi connectivity index (χ2n) is 4.25. The Kier molecular flexibility index (Phi) is 4.12. The lowest BCUT2D eigenvalue weighted by atomic mass is 10.1. The van der Waals surface area contributed by atoms with E-state index in [0.29, 0.717) is 6.54 Å². The number of anilines is 1. The fraction of sp³-hybridized carbons (Fsp3) is 0.214. The smallest absolute Gasteiger partial charge is 0.183 e. The van der Waals surface area contributed by atoms with Crippen LogP contribution in [0, 0.1) is 0 Å². The van der Waals surface area contributed by atoms with E-state index >= 15 is 0 Å². The van der Waals surface area contributed by atoms with Gasteiger partial charge in [-0.25, -0.2) is 4.98 Å². The van der Waals surface area contributed by atoms with Gasteiger partial charge in [0.25, 0.3) is 0 Å². The minimum Gasteiger partial charge on any atom is -0.358 e. The molecular formula is C14H17N3S. The molecule has 1 aromatic heterocycles. The molecule has 0 saturated heterocycles. The third kappa shape index (κ3) is 3.18. The van der Waals surface area contributed by atoms with Gasteiger partial charge < -0.3 is 11.1 Å². The fourth-order valence-electron chi connectivity index (χ4n) is 1.53. The zero-order valence-electron chi connectivity index (χ0n) is 10.4. The summed E-state index contributed by atoms with van der Waals surface area (Å²) in [5, 5.41) is 6.23. The lowest BCUT2D eigenvalue weighted by Gasteiger charge is -2.01. The van der Waals surface area contributed by atoms with Gasteiger partial charge in [-0.1, -0.05) is 36.4 Å². The SMILES string of the molecule is C=C(C)CNc1nc(-c2ccc(CN)cc2)cs1. The van der Waals surface area contributed by atoms with Crippen molar-refractivity contribution in [2.75, 3.05) is 11.9 Å². The number of thiazole rings is 1. The first-order chi connectivity index (χ1) is 8.69. The molecule has 0 bridgehead atoms. The largest absolute Gasteiger partial charge is 0.358 e. The highest BCUT2D eigenvalue weighted by Crippen LogP contribution is 2.25. The molecule has 1 heterocycles. The first-order valence-electron chi connectivity index (χ1n) is 5.82. The quantitative estimate of drug-likeness (QED) is 0.810. The standard InChI is InChI=1S/C14H17N3S/c1-10(2)8-16-14-17-13(9-18-14)12-5-3-11(7-15)4-6-12/h3-6,9H,1,7-8,15H2,2H3,(H,16,17). The Balaban J connectivity index is 2.10. The average molecular weight is 259 g/mol. The highest BCUT2D eigenvalue weighted by Gasteiger charge is 2.04. The van der Waals surface area contributed by atoms with Crippen molar-refractivity contribution in [3.8, 4) is 11.3 Å². The zero-order valence-corrected chi connectivity index (χ0v) is 11.3. The number of nitrogens with two attached hydrogens (primary N) is 1. The molecule has 0 aliphatic rings. The van der Waals surface area contributed by atoms with Crippen LogP contribution in [0.1, 0.15) is 12.5 Å². The van der Waals surface area contributed by atoms with Gasteiger partial charge in [0.15, 0.2) is 5.13 Å². The van der Waals surface area contributed by atoms with Crippen LogP contribution in [0.15, 0.2) is 41.8 Å². The number of nitrogens with zero attached hydrogens (tertiary/aromatic N) is 1. The van der Waals surface area contributed by atoms with Crippen LogP contribution in [0.5, 0.6) is 0 Å². The predicted molar refractivity (Wildman–Crippen MR) is 78.7 cm³/mol. The second-order valence-corrected chi connectivity index (χ2v) is 5.11. The lowest BCUT2D eigenvalue weighted by Crippen LogP contribution is -2.01. The molecule has 3 N–H and O–H groups in total. The van der Waals surface area contributed by atoms with E-state index in [9.17, 15) is 0 Å². The monoisotopic (exact) mass is 259 g/mol. The van der Waals surface area contributed by atoms with E-state index in [1.165, 1.54) is 0 Å². The van der Waals surface area contributed by atoms with Crippen molar-refractivity contribution in [2.24, 2.45) is 5.73 Å². The zero-order chi connectivity index (χ0) is 13.0. The van der Waals surface area contributed by atoms with Crippen molar-refractivity contribution in [1.29, 1.82) is 0 Å². The molecule has 0 radical (unpaired) electrons. The second kappa shape index (κ2) is 5.80. The van der Waals surface area contributed by atoms with Gasteiger partial charge in [0.05, 0.1) is 5.69 Å². The topological polar surface area (TPSA) is 50.9 Å². The number of benzene rings is 1. The van der Waals surface area contributed by atoms with E-state index in [2.05, 4.69) is 34.4 Å². The molecule has 4 heteroatoms. The molecule has 0 spiro atoms.